The first-order chi connectivity index (χ1) is 11.0. The van der Waals surface area contributed by atoms with Crippen molar-refractivity contribution in [1.29, 1.82) is 0 Å². The van der Waals surface area contributed by atoms with E-state index >= 15 is 0 Å². The normalized spacial score (nSPS) is 12.1. The summed E-state index contributed by atoms with van der Waals surface area (Å²) >= 11 is 0. The summed E-state index contributed by atoms with van der Waals surface area (Å²) in [6, 6.07) is 8.92. The minimum atomic E-state index is -0.659. The van der Waals surface area contributed by atoms with Gasteiger partial charge in [-0.15, -0.1) is 0 Å². The third kappa shape index (κ3) is 4.03. The van der Waals surface area contributed by atoms with Crippen LogP contribution in [0.1, 0.15) is 16.7 Å². The van der Waals surface area contributed by atoms with E-state index in [1.165, 1.54) is 13.3 Å². The number of aliphatic hydroxyl groups is 1. The molecule has 0 atom stereocenters. The third-order valence-electron chi connectivity index (χ3n) is 3.43. The molecular weight excluding hydrogens is 292 g/mol. The molecule has 5 heteroatoms. The third-order valence-corrected chi connectivity index (χ3v) is 3.43. The second-order valence-corrected chi connectivity index (χ2v) is 5.02. The van der Waals surface area contributed by atoms with E-state index in [4.69, 9.17) is 4.74 Å². The van der Waals surface area contributed by atoms with Gasteiger partial charge in [-0.05, 0) is 43.2 Å². The van der Waals surface area contributed by atoms with Gasteiger partial charge >= 0.3 is 5.97 Å². The number of aryl methyl sites for hydroxylation is 2. The Bertz CT molecular complexity index is 765. The number of methoxy groups -OCH3 is 1. The molecule has 1 aromatic heterocycles. The van der Waals surface area contributed by atoms with E-state index in [1.807, 2.05) is 26.0 Å². The summed E-state index contributed by atoms with van der Waals surface area (Å²) in [5.74, 6) is -0.832. The molecule has 0 aliphatic carbocycles. The molecule has 0 saturated carbocycles. The van der Waals surface area contributed by atoms with E-state index in [-0.39, 0.29) is 11.3 Å². The molecule has 0 aliphatic rings. The first-order valence-electron chi connectivity index (χ1n) is 7.06. The Morgan fingerprint density at radius 1 is 1.26 bits per heavy atom. The van der Waals surface area contributed by atoms with Gasteiger partial charge in [-0.1, -0.05) is 12.1 Å². The fraction of sp³-hybridized carbons (Fsp3) is 0.167. The Kier molecular flexibility index (Phi) is 5.25. The van der Waals surface area contributed by atoms with E-state index < -0.39 is 5.97 Å². The Morgan fingerprint density at radius 2 is 2.04 bits per heavy atom. The zero-order valence-electron chi connectivity index (χ0n) is 13.3. The van der Waals surface area contributed by atoms with Crippen LogP contribution in [0.5, 0.6) is 0 Å². The Labute approximate surface area is 135 Å². The van der Waals surface area contributed by atoms with Gasteiger partial charge in [0, 0.05) is 18.0 Å². The Hall–Kier alpha value is -2.95. The van der Waals surface area contributed by atoms with E-state index in [1.54, 1.807) is 30.6 Å². The molecule has 0 aliphatic heterocycles. The number of hydrogen-bond donors (Lipinski definition) is 1. The van der Waals surface area contributed by atoms with E-state index in [0.29, 0.717) is 11.3 Å². The fourth-order valence-corrected chi connectivity index (χ4v) is 1.93. The Balaban J connectivity index is 2.45. The fourth-order valence-electron chi connectivity index (χ4n) is 1.93. The van der Waals surface area contributed by atoms with Crippen molar-refractivity contribution in [2.75, 3.05) is 7.11 Å². The number of rotatable bonds is 4. The summed E-state index contributed by atoms with van der Waals surface area (Å²) in [7, 11) is 1.26. The Morgan fingerprint density at radius 3 is 2.65 bits per heavy atom. The standard InChI is InChI=1S/C18H18N2O3/c1-12-6-7-14(9-13(12)2)17(21)16(18(22)23-3)11-20-15-5-4-8-19-10-15/h4-11,21H,1-3H3/b17-16-,20-11?. The number of aliphatic hydroxyl groups excluding tert-OH is 1. The van der Waals surface area contributed by atoms with Crippen LogP contribution in [0.3, 0.4) is 0 Å². The molecule has 0 saturated heterocycles. The SMILES string of the molecule is COC(=O)/C(C=Nc1cccnc1)=C(\O)c1ccc(C)c(C)c1. The summed E-state index contributed by atoms with van der Waals surface area (Å²) < 4.78 is 4.73. The summed E-state index contributed by atoms with van der Waals surface area (Å²) in [5, 5.41) is 10.4. The van der Waals surface area contributed by atoms with E-state index in [9.17, 15) is 9.90 Å². The number of ether oxygens (including phenoxy) is 1. The summed E-state index contributed by atoms with van der Waals surface area (Å²) in [6.45, 7) is 3.92. The molecule has 1 heterocycles. The number of benzene rings is 1. The molecule has 118 valence electrons. The van der Waals surface area contributed by atoms with Gasteiger partial charge in [0.15, 0.2) is 0 Å². The molecule has 1 aromatic carbocycles. The number of carbonyl (C=O) groups excluding carboxylic acids is 1. The number of esters is 1. The van der Waals surface area contributed by atoms with Crippen LogP contribution in [-0.4, -0.2) is 29.4 Å². The predicted molar refractivity (Wildman–Crippen MR) is 89.9 cm³/mol. The number of carbonyl (C=O) groups is 1. The number of nitrogens with zero attached hydrogens (tertiary/aromatic N) is 2. The van der Waals surface area contributed by atoms with Crippen molar-refractivity contribution in [2.24, 2.45) is 4.99 Å². The van der Waals surface area contributed by atoms with Gasteiger partial charge in [0.05, 0.1) is 19.0 Å². The van der Waals surface area contributed by atoms with Crippen LogP contribution < -0.4 is 0 Å². The molecule has 23 heavy (non-hydrogen) atoms. The lowest BCUT2D eigenvalue weighted by atomic mass is 10.0. The molecule has 0 amide bonds. The van der Waals surface area contributed by atoms with Crippen LogP contribution in [0.4, 0.5) is 5.69 Å². The first kappa shape index (κ1) is 16.4. The summed E-state index contributed by atoms with van der Waals surface area (Å²) in [5.41, 5.74) is 3.21. The summed E-state index contributed by atoms with van der Waals surface area (Å²) in [4.78, 5) is 20.1. The summed E-state index contributed by atoms with van der Waals surface area (Å²) in [6.07, 6.45) is 4.47. The van der Waals surface area contributed by atoms with Gasteiger partial charge < -0.3 is 9.84 Å². The van der Waals surface area contributed by atoms with Crippen molar-refractivity contribution in [3.05, 3.63) is 65.0 Å². The van der Waals surface area contributed by atoms with Gasteiger partial charge in [0.2, 0.25) is 0 Å². The first-order valence-corrected chi connectivity index (χ1v) is 7.06. The smallest absolute Gasteiger partial charge is 0.343 e. The average Bonchev–Trinajstić information content (AvgIpc) is 2.58. The van der Waals surface area contributed by atoms with Gasteiger partial charge in [-0.2, -0.15) is 0 Å². The molecule has 0 radical (unpaired) electrons. The molecule has 5 nitrogen and oxygen atoms in total. The van der Waals surface area contributed by atoms with Gasteiger partial charge in [0.25, 0.3) is 0 Å². The lowest BCUT2D eigenvalue weighted by Gasteiger charge is -2.08. The zero-order chi connectivity index (χ0) is 16.8. The zero-order valence-corrected chi connectivity index (χ0v) is 13.3. The van der Waals surface area contributed by atoms with E-state index in [0.717, 1.165) is 11.1 Å². The molecule has 0 unspecified atom stereocenters. The number of aromatic nitrogens is 1. The molecule has 1 N–H and O–H groups in total. The van der Waals surface area contributed by atoms with Crippen LogP contribution in [0.2, 0.25) is 0 Å². The molecule has 2 aromatic rings. The predicted octanol–water partition coefficient (Wildman–Crippen LogP) is 3.54. The number of aliphatic imine (C=N–C) groups is 1. The largest absolute Gasteiger partial charge is 0.506 e. The molecule has 0 spiro atoms. The van der Waals surface area contributed by atoms with Crippen molar-refractivity contribution < 1.29 is 14.6 Å². The van der Waals surface area contributed by atoms with Crippen LogP contribution in [0.25, 0.3) is 5.76 Å². The van der Waals surface area contributed by atoms with Crippen LogP contribution in [0.15, 0.2) is 53.3 Å². The minimum Gasteiger partial charge on any atom is -0.506 e. The maximum absolute atomic E-state index is 12.0. The molecule has 0 fully saturated rings. The highest BCUT2D eigenvalue weighted by Gasteiger charge is 2.16. The molecule has 2 rings (SSSR count). The van der Waals surface area contributed by atoms with Crippen molar-refractivity contribution in [3.8, 4) is 0 Å². The van der Waals surface area contributed by atoms with Crippen molar-refractivity contribution in [2.45, 2.75) is 13.8 Å². The second kappa shape index (κ2) is 7.35. The monoisotopic (exact) mass is 310 g/mol. The highest BCUT2D eigenvalue weighted by Crippen LogP contribution is 2.20. The maximum Gasteiger partial charge on any atom is 0.343 e. The maximum atomic E-state index is 12.0. The van der Waals surface area contributed by atoms with Crippen LogP contribution >= 0.6 is 0 Å². The highest BCUT2D eigenvalue weighted by molar-refractivity contribution is 6.15. The lowest BCUT2D eigenvalue weighted by Crippen LogP contribution is -2.09. The van der Waals surface area contributed by atoms with Crippen LogP contribution in [-0.2, 0) is 9.53 Å². The van der Waals surface area contributed by atoms with Crippen molar-refractivity contribution in [3.63, 3.8) is 0 Å². The second-order valence-electron chi connectivity index (χ2n) is 5.02. The quantitative estimate of drug-likeness (QED) is 0.406. The van der Waals surface area contributed by atoms with Gasteiger partial charge in [0.1, 0.15) is 11.3 Å². The number of pyridine rings is 1. The van der Waals surface area contributed by atoms with E-state index in [2.05, 4.69) is 9.98 Å². The minimum absolute atomic E-state index is 0.0143. The van der Waals surface area contributed by atoms with Gasteiger partial charge in [-0.3, -0.25) is 9.98 Å². The average molecular weight is 310 g/mol. The number of hydrogen-bond acceptors (Lipinski definition) is 5. The van der Waals surface area contributed by atoms with Crippen LogP contribution in [0, 0.1) is 13.8 Å². The lowest BCUT2D eigenvalue weighted by molar-refractivity contribution is -0.135. The molecular formula is C18H18N2O3. The topological polar surface area (TPSA) is 71.8 Å². The molecule has 0 bridgehead atoms. The van der Waals surface area contributed by atoms with Crippen molar-refractivity contribution in [1.82, 2.24) is 4.98 Å². The highest BCUT2D eigenvalue weighted by atomic mass is 16.5. The van der Waals surface area contributed by atoms with Crippen molar-refractivity contribution >= 4 is 23.6 Å². The van der Waals surface area contributed by atoms with Gasteiger partial charge in [-0.25, -0.2) is 4.79 Å².